The van der Waals surface area contributed by atoms with Crippen LogP contribution in [0.5, 0.6) is 0 Å². The number of hydrogen-bond acceptors (Lipinski definition) is 6. The van der Waals surface area contributed by atoms with Gasteiger partial charge in [0, 0.05) is 17.5 Å². The van der Waals surface area contributed by atoms with Crippen molar-refractivity contribution in [3.63, 3.8) is 0 Å². The van der Waals surface area contributed by atoms with Gasteiger partial charge >= 0.3 is 12.3 Å². The first-order chi connectivity index (χ1) is 13.5. The van der Waals surface area contributed by atoms with Gasteiger partial charge in [0.2, 0.25) is 5.91 Å². The van der Waals surface area contributed by atoms with Crippen LogP contribution in [0.25, 0.3) is 0 Å². The van der Waals surface area contributed by atoms with Crippen molar-refractivity contribution in [3.8, 4) is 0 Å². The Morgan fingerprint density at radius 3 is 2.52 bits per heavy atom. The van der Waals surface area contributed by atoms with Crippen molar-refractivity contribution in [3.05, 3.63) is 65.0 Å². The van der Waals surface area contributed by atoms with Crippen LogP contribution in [0, 0.1) is 0 Å². The molecule has 1 aliphatic rings. The summed E-state index contributed by atoms with van der Waals surface area (Å²) in [4.78, 5) is 19.9. The number of fused-ring (bicyclic) bond motifs is 1. The highest BCUT2D eigenvalue weighted by atomic mass is 19.4. The Labute approximate surface area is 163 Å². The molecule has 154 valence electrons. The van der Waals surface area contributed by atoms with Crippen LogP contribution in [0.4, 0.5) is 13.2 Å². The van der Waals surface area contributed by atoms with Crippen LogP contribution in [0.15, 0.2) is 47.6 Å². The molecule has 1 atom stereocenters. The summed E-state index contributed by atoms with van der Waals surface area (Å²) in [5.74, 6) is -1.98. The Kier molecular flexibility index (Phi) is 5.69. The molecular weight excluding hydrogens is 391 g/mol. The summed E-state index contributed by atoms with van der Waals surface area (Å²) in [6.07, 6.45) is -5.20. The van der Waals surface area contributed by atoms with E-state index in [1.165, 1.54) is 0 Å². The molecule has 0 spiro atoms. The molecule has 7 nitrogen and oxygen atoms in total. The van der Waals surface area contributed by atoms with Gasteiger partial charge in [-0.05, 0) is 49.1 Å². The number of aromatic nitrogens is 1. The van der Waals surface area contributed by atoms with Crippen LogP contribution in [-0.4, -0.2) is 38.1 Å². The first kappa shape index (κ1) is 20.9. The number of alkyl halides is 3. The second-order valence-electron chi connectivity index (χ2n) is 6.62. The number of aryl methyl sites for hydroxylation is 1. The van der Waals surface area contributed by atoms with Gasteiger partial charge in [-0.15, -0.1) is 0 Å². The Hall–Kier alpha value is -2.82. The van der Waals surface area contributed by atoms with Crippen molar-refractivity contribution in [1.29, 1.82) is 0 Å². The van der Waals surface area contributed by atoms with Crippen LogP contribution < -0.4 is 5.32 Å². The summed E-state index contributed by atoms with van der Waals surface area (Å²) >= 11 is 0. The molecule has 0 aliphatic carbocycles. The third-order valence-electron chi connectivity index (χ3n) is 4.48. The maximum atomic E-state index is 13.2. The first-order valence-corrected chi connectivity index (χ1v) is 8.74. The van der Waals surface area contributed by atoms with E-state index in [4.69, 9.17) is 15.3 Å². The van der Waals surface area contributed by atoms with Crippen molar-refractivity contribution in [1.82, 2.24) is 10.3 Å². The van der Waals surface area contributed by atoms with Gasteiger partial charge in [-0.1, -0.05) is 12.1 Å². The SMILES string of the molecule is O=C1NC(=NC(O)(O)O)c2ccc(C(F)(F)F)cc2C1CCCc1ccccn1. The van der Waals surface area contributed by atoms with Gasteiger partial charge in [-0.2, -0.15) is 18.2 Å². The van der Waals surface area contributed by atoms with E-state index < -0.39 is 35.5 Å². The summed E-state index contributed by atoms with van der Waals surface area (Å²) in [5, 5.41) is 29.6. The number of nitrogens with zero attached hydrogens (tertiary/aromatic N) is 2. The maximum Gasteiger partial charge on any atom is 0.416 e. The fraction of sp³-hybridized carbons (Fsp3) is 0.316. The molecule has 0 saturated carbocycles. The van der Waals surface area contributed by atoms with E-state index in [0.717, 1.165) is 23.9 Å². The van der Waals surface area contributed by atoms with Crippen molar-refractivity contribution in [2.24, 2.45) is 4.99 Å². The number of amidine groups is 1. The molecule has 2 heterocycles. The lowest BCUT2D eigenvalue weighted by Gasteiger charge is -2.28. The molecule has 10 heteroatoms. The van der Waals surface area contributed by atoms with Crippen molar-refractivity contribution < 1.29 is 33.3 Å². The van der Waals surface area contributed by atoms with Gasteiger partial charge in [0.15, 0.2) is 0 Å². The molecule has 0 bridgehead atoms. The third-order valence-corrected chi connectivity index (χ3v) is 4.48. The third kappa shape index (κ3) is 5.17. The molecule has 3 rings (SSSR count). The lowest BCUT2D eigenvalue weighted by Crippen LogP contribution is -2.43. The summed E-state index contributed by atoms with van der Waals surface area (Å²) in [5.41, 5.74) is -0.0290. The van der Waals surface area contributed by atoms with E-state index in [1.54, 1.807) is 12.3 Å². The molecule has 0 radical (unpaired) electrons. The lowest BCUT2D eigenvalue weighted by molar-refractivity contribution is -0.304. The molecule has 1 aromatic heterocycles. The highest BCUT2D eigenvalue weighted by Crippen LogP contribution is 2.36. The Morgan fingerprint density at radius 1 is 1.14 bits per heavy atom. The number of halogens is 3. The molecule has 4 N–H and O–H groups in total. The summed E-state index contributed by atoms with van der Waals surface area (Å²) in [7, 11) is 0. The van der Waals surface area contributed by atoms with Gasteiger partial charge in [0.25, 0.3) is 0 Å². The predicted molar refractivity (Wildman–Crippen MR) is 95.4 cm³/mol. The standard InChI is InChI=1S/C19H18F3N3O4/c20-18(21,22)11-7-8-13-15(10-11)14(6-3-5-12-4-1-2-9-23-12)17(26)24-16(13)25-19(27,28)29/h1-2,4,7-10,14,27-29H,3,5-6H2,(H,24,25,26). The topological polar surface area (TPSA) is 115 Å². The zero-order valence-corrected chi connectivity index (χ0v) is 15.0. The first-order valence-electron chi connectivity index (χ1n) is 8.74. The zero-order valence-electron chi connectivity index (χ0n) is 15.0. The molecular formula is C19H18F3N3O4. The molecule has 1 aromatic carbocycles. The minimum atomic E-state index is -4.62. The number of benzene rings is 1. The molecule has 1 amide bonds. The number of aliphatic imine (C=N–C) groups is 1. The number of aliphatic hydroxyl groups is 3. The number of nitrogens with one attached hydrogen (secondary N) is 1. The molecule has 0 saturated heterocycles. The van der Waals surface area contributed by atoms with Crippen molar-refractivity contribution in [2.75, 3.05) is 0 Å². The Bertz CT molecular complexity index is 925. The highest BCUT2D eigenvalue weighted by molar-refractivity contribution is 6.14. The normalized spacial score (nSPS) is 18.5. The second kappa shape index (κ2) is 7.90. The molecule has 29 heavy (non-hydrogen) atoms. The quantitative estimate of drug-likeness (QED) is 0.561. The summed E-state index contributed by atoms with van der Waals surface area (Å²) in [6.45, 7) is 0. The van der Waals surface area contributed by atoms with Crippen LogP contribution in [-0.2, 0) is 17.4 Å². The van der Waals surface area contributed by atoms with Gasteiger partial charge in [-0.3, -0.25) is 9.78 Å². The Morgan fingerprint density at radius 2 is 1.90 bits per heavy atom. The van der Waals surface area contributed by atoms with E-state index in [1.807, 2.05) is 12.1 Å². The largest absolute Gasteiger partial charge is 0.416 e. The number of amides is 1. The monoisotopic (exact) mass is 409 g/mol. The number of carbonyl (C=O) groups excluding carboxylic acids is 1. The van der Waals surface area contributed by atoms with Crippen LogP contribution >= 0.6 is 0 Å². The van der Waals surface area contributed by atoms with E-state index >= 15 is 0 Å². The van der Waals surface area contributed by atoms with Crippen LogP contribution in [0.3, 0.4) is 0 Å². The van der Waals surface area contributed by atoms with E-state index in [2.05, 4.69) is 15.3 Å². The zero-order chi connectivity index (χ0) is 21.2. The van der Waals surface area contributed by atoms with Crippen LogP contribution in [0.2, 0.25) is 0 Å². The van der Waals surface area contributed by atoms with Gasteiger partial charge < -0.3 is 20.6 Å². The lowest BCUT2D eigenvalue weighted by atomic mass is 9.84. The van der Waals surface area contributed by atoms with E-state index in [0.29, 0.717) is 12.8 Å². The van der Waals surface area contributed by atoms with E-state index in [9.17, 15) is 18.0 Å². The minimum absolute atomic E-state index is 0.0487. The molecule has 1 unspecified atom stereocenters. The fourth-order valence-corrected chi connectivity index (χ4v) is 3.21. The average molecular weight is 409 g/mol. The fourth-order valence-electron chi connectivity index (χ4n) is 3.21. The van der Waals surface area contributed by atoms with Gasteiger partial charge in [0.1, 0.15) is 5.84 Å². The number of hydrogen-bond donors (Lipinski definition) is 4. The number of carbonyl (C=O) groups is 1. The second-order valence-corrected chi connectivity index (χ2v) is 6.62. The van der Waals surface area contributed by atoms with Gasteiger partial charge in [-0.25, -0.2) is 0 Å². The van der Waals surface area contributed by atoms with Crippen LogP contribution in [0.1, 0.15) is 41.1 Å². The molecule has 0 fully saturated rings. The van der Waals surface area contributed by atoms with Crippen molar-refractivity contribution >= 4 is 11.7 Å². The maximum absolute atomic E-state index is 13.2. The highest BCUT2D eigenvalue weighted by Gasteiger charge is 2.37. The summed E-state index contributed by atoms with van der Waals surface area (Å²) < 4.78 is 39.5. The predicted octanol–water partition coefficient (Wildman–Crippen LogP) is 1.67. The van der Waals surface area contributed by atoms with Gasteiger partial charge in [0.05, 0.1) is 11.5 Å². The number of pyridine rings is 1. The summed E-state index contributed by atoms with van der Waals surface area (Å²) in [6, 6.07) is 8.11. The average Bonchev–Trinajstić information content (AvgIpc) is 2.62. The molecule has 1 aliphatic heterocycles. The minimum Gasteiger partial charge on any atom is -0.324 e. The number of rotatable bonds is 5. The molecule has 2 aromatic rings. The Balaban J connectivity index is 1.93. The smallest absolute Gasteiger partial charge is 0.324 e. The van der Waals surface area contributed by atoms with Crippen molar-refractivity contribution in [2.45, 2.75) is 37.5 Å². The van der Waals surface area contributed by atoms with E-state index in [-0.39, 0.29) is 17.5 Å².